The van der Waals surface area contributed by atoms with Gasteiger partial charge in [-0.25, -0.2) is 18.1 Å². The molecule has 0 bridgehead atoms. The van der Waals surface area contributed by atoms with Crippen LogP contribution in [-0.4, -0.2) is 84.2 Å². The Labute approximate surface area is 242 Å². The maximum atomic E-state index is 13.3. The van der Waals surface area contributed by atoms with Gasteiger partial charge in [0.25, 0.3) is 0 Å². The van der Waals surface area contributed by atoms with Crippen LogP contribution < -0.4 is 14.8 Å². The topological polar surface area (TPSA) is 160 Å². The molecule has 1 aliphatic heterocycles. The number of carboxylic acid groups (broad SMARTS) is 1. The Hall–Kier alpha value is -3.46. The molecule has 220 valence electrons. The van der Waals surface area contributed by atoms with Crippen LogP contribution in [0.5, 0.6) is 5.75 Å². The van der Waals surface area contributed by atoms with Gasteiger partial charge >= 0.3 is 5.97 Å². The first kappa shape index (κ1) is 30.5. The SMILES string of the molecule is CSc1nc2ccccc2n1C[C@@H](C)Oc1cc(NC(=O)CN2CCCC2)ccc1S(=O)(=O)NC(C=O)CC(=O)O. The number of carboxylic acids is 1. The second-order valence-corrected chi connectivity index (χ2v) is 12.2. The summed E-state index contributed by atoms with van der Waals surface area (Å²) in [5.41, 5.74) is 2.05. The number of aromatic nitrogens is 2. The fourth-order valence-corrected chi connectivity index (χ4v) is 6.58. The van der Waals surface area contributed by atoms with Crippen molar-refractivity contribution in [3.8, 4) is 5.75 Å². The minimum atomic E-state index is -4.38. The third-order valence-corrected chi connectivity index (χ3v) is 8.72. The van der Waals surface area contributed by atoms with Crippen molar-refractivity contribution in [3.05, 3.63) is 42.5 Å². The van der Waals surface area contributed by atoms with Crippen molar-refractivity contribution in [3.63, 3.8) is 0 Å². The van der Waals surface area contributed by atoms with Crippen LogP contribution in [0.3, 0.4) is 0 Å². The van der Waals surface area contributed by atoms with E-state index in [2.05, 4.69) is 15.0 Å². The summed E-state index contributed by atoms with van der Waals surface area (Å²) >= 11 is 1.47. The van der Waals surface area contributed by atoms with Gasteiger partial charge in [-0.2, -0.15) is 0 Å². The van der Waals surface area contributed by atoms with Crippen LogP contribution in [0, 0.1) is 0 Å². The summed E-state index contributed by atoms with van der Waals surface area (Å²) in [4.78, 5) is 41.5. The number of likely N-dealkylation sites (tertiary alicyclic amines) is 1. The molecular weight excluding hydrogens is 570 g/mol. The monoisotopic (exact) mass is 603 g/mol. The predicted octanol–water partition coefficient (Wildman–Crippen LogP) is 2.58. The molecule has 2 aromatic carbocycles. The minimum Gasteiger partial charge on any atom is -0.487 e. The van der Waals surface area contributed by atoms with E-state index in [4.69, 9.17) is 9.84 Å². The number of hydrogen-bond acceptors (Lipinski definition) is 9. The number of hydrogen-bond donors (Lipinski definition) is 3. The van der Waals surface area contributed by atoms with E-state index < -0.39 is 34.6 Å². The number of nitrogens with one attached hydrogen (secondary N) is 2. The Morgan fingerprint density at radius 3 is 2.61 bits per heavy atom. The smallest absolute Gasteiger partial charge is 0.305 e. The Kier molecular flexibility index (Phi) is 10.0. The number of thioether (sulfide) groups is 1. The van der Waals surface area contributed by atoms with E-state index in [1.165, 1.54) is 30.0 Å². The van der Waals surface area contributed by atoms with Crippen molar-refractivity contribution < 1.29 is 32.6 Å². The van der Waals surface area contributed by atoms with Gasteiger partial charge in [0, 0.05) is 11.8 Å². The van der Waals surface area contributed by atoms with E-state index >= 15 is 0 Å². The lowest BCUT2D eigenvalue weighted by molar-refractivity contribution is -0.138. The first-order chi connectivity index (χ1) is 19.6. The quantitative estimate of drug-likeness (QED) is 0.185. The normalized spacial score (nSPS) is 15.5. The van der Waals surface area contributed by atoms with Crippen LogP contribution in [0.1, 0.15) is 26.2 Å². The summed E-state index contributed by atoms with van der Waals surface area (Å²) in [5.74, 6) is -1.63. The number of aliphatic carboxylic acids is 1. The molecule has 0 spiro atoms. The Morgan fingerprint density at radius 1 is 1.20 bits per heavy atom. The number of carbonyl (C=O) groups excluding carboxylic acids is 2. The minimum absolute atomic E-state index is 0.0564. The van der Waals surface area contributed by atoms with Gasteiger partial charge in [0.1, 0.15) is 23.0 Å². The van der Waals surface area contributed by atoms with Gasteiger partial charge in [-0.3, -0.25) is 14.5 Å². The Morgan fingerprint density at radius 2 is 1.93 bits per heavy atom. The van der Waals surface area contributed by atoms with Crippen LogP contribution in [0.2, 0.25) is 0 Å². The maximum absolute atomic E-state index is 13.3. The number of imidazole rings is 1. The van der Waals surface area contributed by atoms with Gasteiger partial charge in [0.05, 0.1) is 36.6 Å². The number of carbonyl (C=O) groups is 3. The molecule has 41 heavy (non-hydrogen) atoms. The number of rotatable bonds is 14. The molecule has 14 heteroatoms. The summed E-state index contributed by atoms with van der Waals surface area (Å²) in [6.45, 7) is 4.02. The molecule has 4 rings (SSSR count). The van der Waals surface area contributed by atoms with Gasteiger partial charge < -0.3 is 24.5 Å². The third kappa shape index (κ3) is 7.85. The van der Waals surface area contributed by atoms with Crippen LogP contribution >= 0.6 is 11.8 Å². The highest BCUT2D eigenvalue weighted by Gasteiger charge is 2.27. The van der Waals surface area contributed by atoms with Crippen LogP contribution in [0.4, 0.5) is 5.69 Å². The molecule has 1 aliphatic rings. The van der Waals surface area contributed by atoms with Gasteiger partial charge in [-0.1, -0.05) is 23.9 Å². The number of para-hydroxylation sites is 2. The largest absolute Gasteiger partial charge is 0.487 e. The number of sulfonamides is 1. The molecule has 1 fully saturated rings. The van der Waals surface area contributed by atoms with E-state index in [1.54, 1.807) is 6.92 Å². The molecule has 0 aliphatic carbocycles. The van der Waals surface area contributed by atoms with Gasteiger partial charge in [-0.05, 0) is 63.4 Å². The number of anilines is 1. The maximum Gasteiger partial charge on any atom is 0.305 e. The highest BCUT2D eigenvalue weighted by Crippen LogP contribution is 2.30. The first-order valence-electron chi connectivity index (χ1n) is 13.1. The molecule has 1 saturated heterocycles. The zero-order chi connectivity index (χ0) is 29.6. The molecule has 3 aromatic rings. The molecule has 2 heterocycles. The van der Waals surface area contributed by atoms with E-state index in [0.29, 0.717) is 12.2 Å². The second kappa shape index (κ2) is 13.5. The van der Waals surface area contributed by atoms with Crippen LogP contribution in [0.25, 0.3) is 11.0 Å². The van der Waals surface area contributed by atoms with Crippen LogP contribution in [0.15, 0.2) is 52.5 Å². The molecule has 12 nitrogen and oxygen atoms in total. The lowest BCUT2D eigenvalue weighted by Crippen LogP contribution is -2.38. The molecule has 2 atom stereocenters. The average molecular weight is 604 g/mol. The Balaban J connectivity index is 1.62. The fraction of sp³-hybridized carbons (Fsp3) is 0.407. The van der Waals surface area contributed by atoms with E-state index in [0.717, 1.165) is 42.1 Å². The highest BCUT2D eigenvalue weighted by atomic mass is 32.2. The van der Waals surface area contributed by atoms with E-state index in [9.17, 15) is 22.8 Å². The molecule has 3 N–H and O–H groups in total. The van der Waals surface area contributed by atoms with Crippen molar-refractivity contribution in [2.24, 2.45) is 0 Å². The number of nitrogens with zero attached hydrogens (tertiary/aromatic N) is 3. The van der Waals surface area contributed by atoms with Crippen molar-refractivity contribution in [2.45, 2.75) is 54.9 Å². The van der Waals surface area contributed by atoms with E-state index in [-0.39, 0.29) is 29.4 Å². The van der Waals surface area contributed by atoms with Crippen molar-refractivity contribution in [2.75, 3.05) is 31.2 Å². The fourth-order valence-electron chi connectivity index (χ4n) is 4.71. The number of amides is 1. The summed E-state index contributed by atoms with van der Waals surface area (Å²) < 4.78 is 36.8. The van der Waals surface area contributed by atoms with Gasteiger partial charge in [-0.15, -0.1) is 0 Å². The van der Waals surface area contributed by atoms with Gasteiger partial charge in [0.15, 0.2) is 5.16 Å². The summed E-state index contributed by atoms with van der Waals surface area (Å²) in [6.07, 6.45) is 2.95. The Bertz CT molecular complexity index is 1520. The zero-order valence-corrected chi connectivity index (χ0v) is 24.4. The highest BCUT2D eigenvalue weighted by molar-refractivity contribution is 7.98. The zero-order valence-electron chi connectivity index (χ0n) is 22.8. The molecule has 1 amide bonds. The first-order valence-corrected chi connectivity index (χ1v) is 15.8. The van der Waals surface area contributed by atoms with Crippen molar-refractivity contribution in [1.82, 2.24) is 19.2 Å². The lowest BCUT2D eigenvalue weighted by atomic mass is 10.2. The molecule has 1 aromatic heterocycles. The number of aldehydes is 1. The predicted molar refractivity (Wildman–Crippen MR) is 155 cm³/mol. The molecule has 0 saturated carbocycles. The molecule has 0 radical (unpaired) electrons. The third-order valence-electron chi connectivity index (χ3n) is 6.52. The average Bonchev–Trinajstić information content (AvgIpc) is 3.55. The standard InChI is InChI=1S/C27H33N5O7S2/c1-18(15-32-22-8-4-3-7-21(22)29-27(32)40-2)39-23-13-19(28-25(34)16-31-11-5-6-12-31)9-10-24(23)41(37,38)30-20(17-33)14-26(35)36/h3-4,7-10,13,17-18,20,30H,5-6,11-12,14-16H2,1-2H3,(H,28,34)(H,35,36)/t18-,20?/m1/s1. The lowest BCUT2D eigenvalue weighted by Gasteiger charge is -2.21. The summed E-state index contributed by atoms with van der Waals surface area (Å²) in [5, 5.41) is 12.6. The molecular formula is C27H33N5O7S2. The van der Waals surface area contributed by atoms with Crippen molar-refractivity contribution >= 4 is 56.7 Å². The summed E-state index contributed by atoms with van der Waals surface area (Å²) in [6, 6.07) is 10.3. The number of ether oxygens (including phenoxy) is 1. The number of fused-ring (bicyclic) bond motifs is 1. The number of benzene rings is 2. The van der Waals surface area contributed by atoms with Crippen LogP contribution in [-0.2, 0) is 31.0 Å². The summed E-state index contributed by atoms with van der Waals surface area (Å²) in [7, 11) is -4.38. The van der Waals surface area contributed by atoms with Gasteiger partial charge in [0.2, 0.25) is 15.9 Å². The van der Waals surface area contributed by atoms with Crippen molar-refractivity contribution in [1.29, 1.82) is 0 Å². The second-order valence-electron chi connectivity index (χ2n) is 9.78. The van der Waals surface area contributed by atoms with E-state index in [1.807, 2.05) is 40.0 Å². The molecule has 1 unspecified atom stereocenters.